The van der Waals surface area contributed by atoms with Gasteiger partial charge in [-0.1, -0.05) is 36.4 Å². The van der Waals surface area contributed by atoms with Crippen molar-refractivity contribution in [2.75, 3.05) is 12.8 Å². The zero-order valence-electron chi connectivity index (χ0n) is 11.9. The van der Waals surface area contributed by atoms with E-state index in [1.807, 2.05) is 0 Å². The highest BCUT2D eigenvalue weighted by Gasteiger charge is 2.59. The van der Waals surface area contributed by atoms with Gasteiger partial charge in [0.2, 0.25) is 10.0 Å². The Bertz CT molecular complexity index is 886. The first-order valence-electron chi connectivity index (χ1n) is 6.68. The summed E-state index contributed by atoms with van der Waals surface area (Å²) in [5.74, 6) is -1.13. The molecular weight excluding hydrogens is 326 g/mol. The van der Waals surface area contributed by atoms with Crippen molar-refractivity contribution in [2.45, 2.75) is 16.9 Å². The molecule has 3 rings (SSSR count). The van der Waals surface area contributed by atoms with Crippen LogP contribution in [0.5, 0.6) is 0 Å². The summed E-state index contributed by atoms with van der Waals surface area (Å²) < 4.78 is 48.1. The second-order valence-corrected chi connectivity index (χ2v) is 9.64. The number of carbonyl (C=O) groups is 1. The fourth-order valence-corrected chi connectivity index (χ4v) is 6.14. The largest absolute Gasteiger partial charge is 0.272 e. The van der Waals surface area contributed by atoms with Crippen LogP contribution in [0.3, 0.4) is 0 Å². The van der Waals surface area contributed by atoms with Gasteiger partial charge in [0.05, 0.1) is 18.6 Å². The van der Waals surface area contributed by atoms with Gasteiger partial charge in [0.1, 0.15) is 0 Å². The van der Waals surface area contributed by atoms with Gasteiger partial charge in [-0.25, -0.2) is 21.1 Å². The third-order valence-corrected chi connectivity index (χ3v) is 7.57. The van der Waals surface area contributed by atoms with Crippen molar-refractivity contribution >= 4 is 25.8 Å². The Kier molecular flexibility index (Phi) is 3.23. The molecule has 0 saturated heterocycles. The Morgan fingerprint density at radius 1 is 1.18 bits per heavy atom. The van der Waals surface area contributed by atoms with E-state index in [1.165, 1.54) is 6.08 Å². The molecule has 8 heteroatoms. The normalized spacial score (nSPS) is 27.0. The molecule has 0 saturated carbocycles. The maximum atomic E-state index is 12.9. The van der Waals surface area contributed by atoms with E-state index < -0.39 is 30.5 Å². The molecule has 118 valence electrons. The van der Waals surface area contributed by atoms with Crippen molar-refractivity contribution in [1.29, 1.82) is 0 Å². The minimum absolute atomic E-state index is 0.0444. The number of nitrogens with zero attached hydrogens (tertiary/aromatic N) is 1. The molecule has 1 amide bonds. The average molecular weight is 341 g/mol. The van der Waals surface area contributed by atoms with Crippen LogP contribution in [0.15, 0.2) is 36.4 Å². The molecule has 1 spiro atoms. The van der Waals surface area contributed by atoms with Crippen LogP contribution in [0.4, 0.5) is 0 Å². The van der Waals surface area contributed by atoms with E-state index in [9.17, 15) is 21.6 Å². The summed E-state index contributed by atoms with van der Waals surface area (Å²) in [6.45, 7) is -0.142. The maximum Gasteiger partial charge on any atom is 0.262 e. The van der Waals surface area contributed by atoms with E-state index in [2.05, 4.69) is 0 Å². The summed E-state index contributed by atoms with van der Waals surface area (Å²) in [4.78, 5) is 12.9. The molecule has 2 aliphatic rings. The zero-order valence-corrected chi connectivity index (χ0v) is 13.5. The molecule has 1 aromatic rings. The molecule has 2 heterocycles. The smallest absolute Gasteiger partial charge is 0.262 e. The average Bonchev–Trinajstić information content (AvgIpc) is 2.53. The predicted octanol–water partition coefficient (Wildman–Crippen LogP) is 0.558. The van der Waals surface area contributed by atoms with Crippen molar-refractivity contribution in [3.8, 4) is 0 Å². The Morgan fingerprint density at radius 3 is 2.55 bits per heavy atom. The summed E-state index contributed by atoms with van der Waals surface area (Å²) in [6.07, 6.45) is 3.95. The molecule has 1 aromatic carbocycles. The van der Waals surface area contributed by atoms with Crippen LogP contribution in [0, 0.1) is 0 Å². The highest BCUT2D eigenvalue weighted by Crippen LogP contribution is 2.47. The predicted molar refractivity (Wildman–Crippen MR) is 81.1 cm³/mol. The number of hydrogen-bond donors (Lipinski definition) is 0. The summed E-state index contributed by atoms with van der Waals surface area (Å²) in [5.41, 5.74) is 0.944. The molecule has 1 atom stereocenters. The fraction of sp³-hybridized carbons (Fsp3) is 0.357. The Hall–Kier alpha value is -1.67. The molecule has 6 nitrogen and oxygen atoms in total. The van der Waals surface area contributed by atoms with E-state index in [0.717, 1.165) is 6.26 Å². The summed E-state index contributed by atoms with van der Waals surface area (Å²) in [7, 11) is -7.69. The molecule has 0 radical (unpaired) electrons. The van der Waals surface area contributed by atoms with Crippen molar-refractivity contribution in [2.24, 2.45) is 0 Å². The monoisotopic (exact) mass is 341 g/mol. The first-order chi connectivity index (χ1) is 10.2. The molecular formula is C14H15NO5S2. The quantitative estimate of drug-likeness (QED) is 0.696. The maximum absolute atomic E-state index is 12.9. The van der Waals surface area contributed by atoms with E-state index in [1.54, 1.807) is 30.3 Å². The number of benzene rings is 1. The van der Waals surface area contributed by atoms with Gasteiger partial charge in [0.15, 0.2) is 14.6 Å². The highest BCUT2D eigenvalue weighted by molar-refractivity contribution is 7.93. The van der Waals surface area contributed by atoms with Gasteiger partial charge in [-0.05, 0) is 17.5 Å². The van der Waals surface area contributed by atoms with E-state index in [-0.39, 0.29) is 18.7 Å². The Balaban J connectivity index is 2.31. The molecule has 0 aliphatic carbocycles. The second-order valence-electron chi connectivity index (χ2n) is 5.52. The van der Waals surface area contributed by atoms with Crippen molar-refractivity contribution in [3.63, 3.8) is 0 Å². The third-order valence-electron chi connectivity index (χ3n) is 4.14. The van der Waals surface area contributed by atoms with Crippen LogP contribution in [0.2, 0.25) is 0 Å². The van der Waals surface area contributed by atoms with Crippen LogP contribution in [0.1, 0.15) is 17.5 Å². The number of carbonyl (C=O) groups excluding carboxylic acids is 1. The summed E-state index contributed by atoms with van der Waals surface area (Å²) >= 11 is 0. The van der Waals surface area contributed by atoms with Gasteiger partial charge < -0.3 is 0 Å². The van der Waals surface area contributed by atoms with Gasteiger partial charge in [-0.3, -0.25) is 4.79 Å². The zero-order chi connectivity index (χ0) is 16.2. The van der Waals surface area contributed by atoms with Crippen molar-refractivity contribution in [3.05, 3.63) is 47.5 Å². The number of rotatable bonds is 1. The molecule has 1 unspecified atom stereocenters. The van der Waals surface area contributed by atoms with Crippen molar-refractivity contribution in [1.82, 2.24) is 4.31 Å². The number of amides is 1. The molecule has 0 bridgehead atoms. The number of allylic oxidation sites excluding steroid dienone is 1. The lowest BCUT2D eigenvalue weighted by atomic mass is 9.91. The number of fused-ring (bicyclic) bond motifs is 2. The molecule has 0 aromatic heterocycles. The van der Waals surface area contributed by atoms with Crippen LogP contribution < -0.4 is 0 Å². The molecule has 22 heavy (non-hydrogen) atoms. The Morgan fingerprint density at radius 2 is 1.86 bits per heavy atom. The molecule has 0 N–H and O–H groups in total. The van der Waals surface area contributed by atoms with Crippen LogP contribution in [-0.2, 0) is 35.2 Å². The first kappa shape index (κ1) is 15.2. The van der Waals surface area contributed by atoms with Gasteiger partial charge >= 0.3 is 0 Å². The van der Waals surface area contributed by atoms with Crippen LogP contribution in [-0.4, -0.2) is 39.8 Å². The van der Waals surface area contributed by atoms with Gasteiger partial charge in [0, 0.05) is 0 Å². The first-order valence-corrected chi connectivity index (χ1v) is 10.2. The van der Waals surface area contributed by atoms with Gasteiger partial charge in [-0.15, -0.1) is 0 Å². The van der Waals surface area contributed by atoms with Crippen LogP contribution >= 0.6 is 0 Å². The molecule has 0 fully saturated rings. The van der Waals surface area contributed by atoms with E-state index >= 15 is 0 Å². The number of sulfonamides is 1. The van der Waals surface area contributed by atoms with E-state index in [4.69, 9.17) is 0 Å². The van der Waals surface area contributed by atoms with Gasteiger partial charge in [0.25, 0.3) is 5.91 Å². The summed E-state index contributed by atoms with van der Waals surface area (Å²) in [5, 5.41) is 0. The van der Waals surface area contributed by atoms with Gasteiger partial charge in [-0.2, -0.15) is 0 Å². The lowest BCUT2D eigenvalue weighted by molar-refractivity contribution is -0.128. The lowest BCUT2D eigenvalue weighted by Crippen LogP contribution is -2.50. The van der Waals surface area contributed by atoms with E-state index in [0.29, 0.717) is 15.4 Å². The molecule has 2 aliphatic heterocycles. The number of sulfone groups is 1. The fourth-order valence-electron chi connectivity index (χ4n) is 3.10. The SMILES string of the molecule is CS(=O)(=O)N1CC=CCC2(C1=O)c1ccccc1CS2(=O)=O. The standard InChI is InChI=1S/C14H15NO5S2/c1-21(17,18)15-9-5-4-8-14(13(15)16)12-7-3-2-6-11(12)10-22(14,19)20/h2-7H,8-10H2,1H3. The van der Waals surface area contributed by atoms with Crippen molar-refractivity contribution < 1.29 is 21.6 Å². The summed E-state index contributed by atoms with van der Waals surface area (Å²) in [6, 6.07) is 6.62. The third kappa shape index (κ3) is 1.94. The highest BCUT2D eigenvalue weighted by atomic mass is 32.2. The number of hydrogen-bond acceptors (Lipinski definition) is 5. The Labute approximate surface area is 129 Å². The topological polar surface area (TPSA) is 88.6 Å². The minimum Gasteiger partial charge on any atom is -0.272 e. The second kappa shape index (κ2) is 4.66. The minimum atomic E-state index is -3.85. The van der Waals surface area contributed by atoms with Crippen LogP contribution in [0.25, 0.3) is 0 Å². The lowest BCUT2D eigenvalue weighted by Gasteiger charge is -2.30.